The van der Waals surface area contributed by atoms with Gasteiger partial charge in [-0.2, -0.15) is 0 Å². The van der Waals surface area contributed by atoms with Crippen LogP contribution in [0.15, 0.2) is 24.3 Å². The smallest absolute Gasteiger partial charge is 0.308 e. The monoisotopic (exact) mass is 299 g/mol. The summed E-state index contributed by atoms with van der Waals surface area (Å²) >= 11 is 0. The van der Waals surface area contributed by atoms with Crippen molar-refractivity contribution in [3.8, 4) is 0 Å². The van der Waals surface area contributed by atoms with Gasteiger partial charge in [0.15, 0.2) is 0 Å². The van der Waals surface area contributed by atoms with E-state index in [0.29, 0.717) is 19.5 Å². The van der Waals surface area contributed by atoms with Crippen LogP contribution in [0.2, 0.25) is 0 Å². The van der Waals surface area contributed by atoms with Gasteiger partial charge in [0.1, 0.15) is 6.04 Å². The molecular formula is C17H21N3O2. The van der Waals surface area contributed by atoms with Gasteiger partial charge in [-0.25, -0.2) is 4.79 Å². The van der Waals surface area contributed by atoms with Gasteiger partial charge in [0.2, 0.25) is 0 Å². The fraction of sp³-hybridized carbons (Fsp3) is 0.529. The Hall–Kier alpha value is -1.88. The molecule has 0 N–H and O–H groups in total. The van der Waals surface area contributed by atoms with Gasteiger partial charge in [0, 0.05) is 26.1 Å². The van der Waals surface area contributed by atoms with Gasteiger partial charge in [-0.1, -0.05) is 24.3 Å². The minimum Gasteiger partial charge on any atom is -0.308 e. The predicted octanol–water partition coefficient (Wildman–Crippen LogP) is 1.47. The highest BCUT2D eigenvalue weighted by atomic mass is 16.2. The van der Waals surface area contributed by atoms with Crippen molar-refractivity contribution >= 4 is 11.9 Å². The SMILES string of the molecule is O=C1[C@@H]2Cc3ccccc3CN2C(=O)N1CCN1CCCC1. The summed E-state index contributed by atoms with van der Waals surface area (Å²) in [5.41, 5.74) is 2.37. The number of hydrogen-bond donors (Lipinski definition) is 0. The average molecular weight is 299 g/mol. The minimum absolute atomic E-state index is 0.0151. The van der Waals surface area contributed by atoms with E-state index in [0.717, 1.165) is 19.6 Å². The van der Waals surface area contributed by atoms with E-state index in [-0.39, 0.29) is 18.0 Å². The van der Waals surface area contributed by atoms with E-state index < -0.39 is 0 Å². The summed E-state index contributed by atoms with van der Waals surface area (Å²) in [5.74, 6) is -0.0151. The van der Waals surface area contributed by atoms with Crippen LogP contribution < -0.4 is 0 Å². The zero-order chi connectivity index (χ0) is 15.1. The molecule has 3 heterocycles. The molecule has 116 valence electrons. The maximum atomic E-state index is 12.6. The molecule has 0 saturated carbocycles. The zero-order valence-corrected chi connectivity index (χ0v) is 12.7. The fourth-order valence-corrected chi connectivity index (χ4v) is 3.83. The lowest BCUT2D eigenvalue weighted by Crippen LogP contribution is -2.40. The lowest BCUT2D eigenvalue weighted by atomic mass is 9.95. The number of carbonyl (C=O) groups is 2. The first-order valence-electron chi connectivity index (χ1n) is 8.15. The first-order chi connectivity index (χ1) is 10.7. The molecule has 0 radical (unpaired) electrons. The Kier molecular flexibility index (Phi) is 3.37. The van der Waals surface area contributed by atoms with E-state index in [9.17, 15) is 9.59 Å². The Balaban J connectivity index is 1.49. The second-order valence-corrected chi connectivity index (χ2v) is 6.44. The van der Waals surface area contributed by atoms with Crippen LogP contribution in [0.1, 0.15) is 24.0 Å². The number of rotatable bonds is 3. The third-order valence-corrected chi connectivity index (χ3v) is 5.11. The summed E-state index contributed by atoms with van der Waals surface area (Å²) in [7, 11) is 0. The topological polar surface area (TPSA) is 43.9 Å². The number of fused-ring (bicyclic) bond motifs is 2. The summed E-state index contributed by atoms with van der Waals surface area (Å²) in [4.78, 5) is 30.7. The molecule has 1 aromatic carbocycles. The third kappa shape index (κ3) is 2.20. The molecule has 4 rings (SSSR count). The molecule has 2 fully saturated rings. The number of amides is 3. The second kappa shape index (κ2) is 5.39. The summed E-state index contributed by atoms with van der Waals surface area (Å²) in [6, 6.07) is 7.71. The second-order valence-electron chi connectivity index (χ2n) is 6.44. The van der Waals surface area contributed by atoms with Crippen LogP contribution in [0.5, 0.6) is 0 Å². The number of benzene rings is 1. The van der Waals surface area contributed by atoms with Crippen LogP contribution in [0.4, 0.5) is 4.79 Å². The first-order valence-corrected chi connectivity index (χ1v) is 8.15. The van der Waals surface area contributed by atoms with Gasteiger partial charge < -0.3 is 9.80 Å². The fourth-order valence-electron chi connectivity index (χ4n) is 3.83. The lowest BCUT2D eigenvalue weighted by molar-refractivity contribution is -0.128. The normalized spacial score (nSPS) is 24.8. The van der Waals surface area contributed by atoms with E-state index in [1.165, 1.54) is 28.9 Å². The highest BCUT2D eigenvalue weighted by Gasteiger charge is 2.46. The number of carbonyl (C=O) groups excluding carboxylic acids is 2. The van der Waals surface area contributed by atoms with E-state index >= 15 is 0 Å². The van der Waals surface area contributed by atoms with E-state index in [1.807, 2.05) is 12.1 Å². The molecule has 0 aliphatic carbocycles. The molecule has 0 aromatic heterocycles. The standard InChI is InChI=1S/C17H21N3O2/c21-16-15-11-13-5-1-2-6-14(13)12-20(15)17(22)19(16)10-9-18-7-3-4-8-18/h1-2,5-6,15H,3-4,7-12H2/t15-/m0/s1. The molecule has 1 atom stereocenters. The van der Waals surface area contributed by atoms with Crippen molar-refractivity contribution in [3.05, 3.63) is 35.4 Å². The Morgan fingerprint density at radius 2 is 1.73 bits per heavy atom. The summed E-state index contributed by atoms with van der Waals surface area (Å²) in [5, 5.41) is 0. The van der Waals surface area contributed by atoms with E-state index in [1.54, 1.807) is 4.90 Å². The molecule has 3 amide bonds. The van der Waals surface area contributed by atoms with Crippen molar-refractivity contribution < 1.29 is 9.59 Å². The van der Waals surface area contributed by atoms with Crippen LogP contribution in [-0.4, -0.2) is 58.9 Å². The first kappa shape index (κ1) is 13.8. The highest BCUT2D eigenvalue weighted by Crippen LogP contribution is 2.29. The van der Waals surface area contributed by atoms with Gasteiger partial charge in [-0.15, -0.1) is 0 Å². The van der Waals surface area contributed by atoms with Crippen molar-refractivity contribution in [2.24, 2.45) is 0 Å². The molecule has 1 aromatic rings. The third-order valence-electron chi connectivity index (χ3n) is 5.11. The average Bonchev–Trinajstić information content (AvgIpc) is 3.13. The summed E-state index contributed by atoms with van der Waals surface area (Å²) in [6.07, 6.45) is 3.11. The van der Waals surface area contributed by atoms with Crippen molar-refractivity contribution in [3.63, 3.8) is 0 Å². The Labute approximate surface area is 130 Å². The summed E-state index contributed by atoms with van der Waals surface area (Å²) < 4.78 is 0. The molecule has 3 aliphatic rings. The molecule has 0 bridgehead atoms. The number of hydrogen-bond acceptors (Lipinski definition) is 3. The van der Waals surface area contributed by atoms with Crippen LogP contribution in [0.25, 0.3) is 0 Å². The lowest BCUT2D eigenvalue weighted by Gasteiger charge is -2.28. The Bertz CT molecular complexity index is 567. The summed E-state index contributed by atoms with van der Waals surface area (Å²) in [6.45, 7) is 4.08. The number of urea groups is 1. The van der Waals surface area contributed by atoms with Gasteiger partial charge >= 0.3 is 6.03 Å². The minimum atomic E-state index is -0.291. The molecule has 22 heavy (non-hydrogen) atoms. The van der Waals surface area contributed by atoms with Crippen molar-refractivity contribution in [2.75, 3.05) is 26.2 Å². The quantitative estimate of drug-likeness (QED) is 0.794. The molecule has 5 nitrogen and oxygen atoms in total. The van der Waals surface area contributed by atoms with Crippen LogP contribution >= 0.6 is 0 Å². The molecular weight excluding hydrogens is 278 g/mol. The molecule has 2 saturated heterocycles. The highest BCUT2D eigenvalue weighted by molar-refractivity contribution is 6.04. The molecule has 3 aliphatic heterocycles. The largest absolute Gasteiger partial charge is 0.327 e. The van der Waals surface area contributed by atoms with E-state index in [2.05, 4.69) is 17.0 Å². The number of nitrogens with zero attached hydrogens (tertiary/aromatic N) is 3. The van der Waals surface area contributed by atoms with E-state index in [4.69, 9.17) is 0 Å². The maximum absolute atomic E-state index is 12.6. The Morgan fingerprint density at radius 3 is 2.50 bits per heavy atom. The number of imide groups is 1. The molecule has 5 heteroatoms. The zero-order valence-electron chi connectivity index (χ0n) is 12.7. The van der Waals surface area contributed by atoms with Crippen LogP contribution in [0.3, 0.4) is 0 Å². The van der Waals surface area contributed by atoms with Gasteiger partial charge in [0.05, 0.1) is 0 Å². The van der Waals surface area contributed by atoms with Gasteiger partial charge in [-0.3, -0.25) is 9.69 Å². The molecule has 0 spiro atoms. The van der Waals surface area contributed by atoms with Crippen molar-refractivity contribution in [2.45, 2.75) is 31.8 Å². The predicted molar refractivity (Wildman–Crippen MR) is 82.3 cm³/mol. The Morgan fingerprint density at radius 1 is 1.00 bits per heavy atom. The van der Waals surface area contributed by atoms with Gasteiger partial charge in [-0.05, 0) is 37.1 Å². The maximum Gasteiger partial charge on any atom is 0.327 e. The van der Waals surface area contributed by atoms with Crippen molar-refractivity contribution in [1.82, 2.24) is 14.7 Å². The molecule has 0 unspecified atom stereocenters. The van der Waals surface area contributed by atoms with Crippen molar-refractivity contribution in [1.29, 1.82) is 0 Å². The number of likely N-dealkylation sites (tertiary alicyclic amines) is 1. The van der Waals surface area contributed by atoms with Crippen LogP contribution in [-0.2, 0) is 17.8 Å². The van der Waals surface area contributed by atoms with Crippen LogP contribution in [0, 0.1) is 0 Å². The van der Waals surface area contributed by atoms with Gasteiger partial charge in [0.25, 0.3) is 5.91 Å².